The van der Waals surface area contributed by atoms with Gasteiger partial charge in [-0.1, -0.05) is 13.8 Å². The third-order valence-electron chi connectivity index (χ3n) is 4.92. The molecule has 1 amide bonds. The molecule has 0 spiro atoms. The van der Waals surface area contributed by atoms with Gasteiger partial charge in [0.05, 0.1) is 6.61 Å². The molecule has 4 aromatic rings. The number of hydrogen-bond acceptors (Lipinski definition) is 9. The second kappa shape index (κ2) is 11.8. The van der Waals surface area contributed by atoms with E-state index < -0.39 is 0 Å². The van der Waals surface area contributed by atoms with Crippen molar-refractivity contribution in [1.82, 2.24) is 15.2 Å². The number of benzene rings is 2. The van der Waals surface area contributed by atoms with Crippen molar-refractivity contribution in [3.8, 4) is 28.7 Å². The molecule has 1 N–H and O–H groups in total. The SMILES string of the molecule is COCC(C)Oc1cc(Oc2ccc(-c3nnc(CC(C)C)o3)cc2)cc(C(=O)Nc2nccs2)c1. The molecule has 1 atom stereocenters. The highest BCUT2D eigenvalue weighted by Crippen LogP contribution is 2.30. The molecule has 4 rings (SSSR count). The molecule has 2 aromatic heterocycles. The maximum absolute atomic E-state index is 12.8. The molecule has 0 saturated carbocycles. The Morgan fingerprint density at radius 3 is 2.53 bits per heavy atom. The monoisotopic (exact) mass is 508 g/mol. The van der Waals surface area contributed by atoms with Crippen LogP contribution in [0.25, 0.3) is 11.5 Å². The molecule has 0 saturated heterocycles. The summed E-state index contributed by atoms with van der Waals surface area (Å²) in [6, 6.07) is 12.3. The minimum atomic E-state index is -0.316. The molecule has 1 unspecified atom stereocenters. The second-order valence-electron chi connectivity index (χ2n) is 8.59. The third kappa shape index (κ3) is 6.89. The minimum absolute atomic E-state index is 0.214. The smallest absolute Gasteiger partial charge is 0.257 e. The van der Waals surface area contributed by atoms with E-state index >= 15 is 0 Å². The van der Waals surface area contributed by atoms with Crippen molar-refractivity contribution >= 4 is 22.4 Å². The second-order valence-corrected chi connectivity index (χ2v) is 9.49. The zero-order chi connectivity index (χ0) is 25.5. The largest absolute Gasteiger partial charge is 0.488 e. The van der Waals surface area contributed by atoms with Crippen LogP contribution in [0, 0.1) is 5.92 Å². The molecule has 0 aliphatic carbocycles. The van der Waals surface area contributed by atoms with E-state index in [0.29, 0.717) is 52.2 Å². The molecule has 2 heterocycles. The molecular formula is C26H28N4O5S. The average Bonchev–Trinajstić information content (AvgIpc) is 3.51. The highest BCUT2D eigenvalue weighted by Gasteiger charge is 2.15. The van der Waals surface area contributed by atoms with Crippen LogP contribution in [0.5, 0.6) is 17.2 Å². The number of rotatable bonds is 11. The minimum Gasteiger partial charge on any atom is -0.488 e. The van der Waals surface area contributed by atoms with E-state index in [0.717, 1.165) is 12.0 Å². The van der Waals surface area contributed by atoms with Crippen LogP contribution in [0.3, 0.4) is 0 Å². The number of anilines is 1. The van der Waals surface area contributed by atoms with Gasteiger partial charge in [-0.3, -0.25) is 10.1 Å². The van der Waals surface area contributed by atoms with Gasteiger partial charge in [-0.15, -0.1) is 21.5 Å². The van der Waals surface area contributed by atoms with Crippen LogP contribution in [0.2, 0.25) is 0 Å². The number of carbonyl (C=O) groups excluding carboxylic acids is 1. The molecule has 10 heteroatoms. The lowest BCUT2D eigenvalue weighted by Crippen LogP contribution is -2.18. The molecule has 9 nitrogen and oxygen atoms in total. The number of hydrogen-bond donors (Lipinski definition) is 1. The highest BCUT2D eigenvalue weighted by atomic mass is 32.1. The number of aromatic nitrogens is 3. The van der Waals surface area contributed by atoms with Crippen molar-refractivity contribution in [2.75, 3.05) is 19.0 Å². The first-order valence-corrected chi connectivity index (χ1v) is 12.4. The first-order valence-electron chi connectivity index (χ1n) is 11.5. The third-order valence-corrected chi connectivity index (χ3v) is 5.61. The lowest BCUT2D eigenvalue weighted by Gasteiger charge is -2.16. The number of nitrogens with one attached hydrogen (secondary N) is 1. The van der Waals surface area contributed by atoms with Gasteiger partial charge in [-0.05, 0) is 49.2 Å². The number of ether oxygens (including phenoxy) is 3. The molecule has 36 heavy (non-hydrogen) atoms. The van der Waals surface area contributed by atoms with Crippen LogP contribution in [-0.4, -0.2) is 40.9 Å². The standard InChI is InChI=1S/C26H28N4O5S/c1-16(2)11-23-29-30-25(35-23)18-5-7-20(8-6-18)34-22-13-19(24(31)28-26-27-9-10-36-26)12-21(14-22)33-17(3)15-32-4/h5-10,12-14,16-17H,11,15H2,1-4H3,(H,27,28,31). The summed E-state index contributed by atoms with van der Waals surface area (Å²) in [7, 11) is 1.61. The van der Waals surface area contributed by atoms with Crippen molar-refractivity contribution in [3.05, 3.63) is 65.5 Å². The number of thiazole rings is 1. The maximum atomic E-state index is 12.8. The predicted octanol–water partition coefficient (Wildman–Crippen LogP) is 5.85. The molecule has 0 bridgehead atoms. The molecule has 2 aromatic carbocycles. The summed E-state index contributed by atoms with van der Waals surface area (Å²) in [5.41, 5.74) is 1.17. The fraction of sp³-hybridized carbons (Fsp3) is 0.308. The average molecular weight is 509 g/mol. The zero-order valence-corrected chi connectivity index (χ0v) is 21.4. The maximum Gasteiger partial charge on any atom is 0.257 e. The molecule has 0 aliphatic rings. The molecular weight excluding hydrogens is 480 g/mol. The van der Waals surface area contributed by atoms with Gasteiger partial charge < -0.3 is 18.6 Å². The summed E-state index contributed by atoms with van der Waals surface area (Å²) >= 11 is 1.34. The molecule has 0 radical (unpaired) electrons. The van der Waals surface area contributed by atoms with Gasteiger partial charge in [-0.2, -0.15) is 0 Å². The van der Waals surface area contributed by atoms with Crippen LogP contribution >= 0.6 is 11.3 Å². The summed E-state index contributed by atoms with van der Waals surface area (Å²) in [5.74, 6) is 2.70. The van der Waals surface area contributed by atoms with E-state index in [4.69, 9.17) is 18.6 Å². The van der Waals surface area contributed by atoms with Gasteiger partial charge in [0.1, 0.15) is 23.4 Å². The summed E-state index contributed by atoms with van der Waals surface area (Å²) < 4.78 is 22.9. The van der Waals surface area contributed by atoms with E-state index in [9.17, 15) is 4.79 Å². The van der Waals surface area contributed by atoms with Gasteiger partial charge in [0.15, 0.2) is 5.13 Å². The quantitative estimate of drug-likeness (QED) is 0.269. The van der Waals surface area contributed by atoms with E-state index in [1.807, 2.05) is 19.1 Å². The van der Waals surface area contributed by atoms with Gasteiger partial charge in [0.25, 0.3) is 5.91 Å². The number of nitrogens with zero attached hydrogens (tertiary/aromatic N) is 3. The van der Waals surface area contributed by atoms with Gasteiger partial charge in [0, 0.05) is 42.3 Å². The highest BCUT2D eigenvalue weighted by molar-refractivity contribution is 7.13. The first-order chi connectivity index (χ1) is 17.4. The Labute approximate surface area is 213 Å². The van der Waals surface area contributed by atoms with Gasteiger partial charge in [0.2, 0.25) is 11.8 Å². The van der Waals surface area contributed by atoms with Crippen molar-refractivity contribution in [2.24, 2.45) is 5.92 Å². The van der Waals surface area contributed by atoms with Crippen LogP contribution < -0.4 is 14.8 Å². The number of amides is 1. The van der Waals surface area contributed by atoms with Crippen LogP contribution in [-0.2, 0) is 11.2 Å². The molecule has 0 aliphatic heterocycles. The lowest BCUT2D eigenvalue weighted by molar-refractivity contribution is 0.0916. The van der Waals surface area contributed by atoms with E-state index in [1.54, 1.807) is 49.0 Å². The van der Waals surface area contributed by atoms with E-state index in [1.165, 1.54) is 11.3 Å². The Morgan fingerprint density at radius 1 is 1.06 bits per heavy atom. The first kappa shape index (κ1) is 25.3. The van der Waals surface area contributed by atoms with E-state index in [2.05, 4.69) is 34.3 Å². The fourth-order valence-electron chi connectivity index (χ4n) is 3.39. The summed E-state index contributed by atoms with van der Waals surface area (Å²) in [5, 5.41) is 13.3. The van der Waals surface area contributed by atoms with Crippen LogP contribution in [0.4, 0.5) is 5.13 Å². The number of methoxy groups -OCH3 is 1. The topological polar surface area (TPSA) is 109 Å². The Bertz CT molecular complexity index is 1270. The Balaban J connectivity index is 1.53. The van der Waals surface area contributed by atoms with Crippen LogP contribution in [0.1, 0.15) is 37.0 Å². The van der Waals surface area contributed by atoms with Crippen molar-refractivity contribution < 1.29 is 23.4 Å². The Hall–Kier alpha value is -3.76. The van der Waals surface area contributed by atoms with Crippen LogP contribution in [0.15, 0.2) is 58.5 Å². The predicted molar refractivity (Wildman–Crippen MR) is 137 cm³/mol. The van der Waals surface area contributed by atoms with Gasteiger partial charge in [-0.25, -0.2) is 4.98 Å². The van der Waals surface area contributed by atoms with Crippen molar-refractivity contribution in [3.63, 3.8) is 0 Å². The normalized spacial score (nSPS) is 11.9. The van der Waals surface area contributed by atoms with E-state index in [-0.39, 0.29) is 12.0 Å². The van der Waals surface area contributed by atoms with Crippen molar-refractivity contribution in [1.29, 1.82) is 0 Å². The molecule has 188 valence electrons. The summed E-state index contributed by atoms with van der Waals surface area (Å²) in [4.78, 5) is 17.0. The number of carbonyl (C=O) groups is 1. The zero-order valence-electron chi connectivity index (χ0n) is 20.6. The van der Waals surface area contributed by atoms with Crippen molar-refractivity contribution in [2.45, 2.75) is 33.3 Å². The Kier molecular flexibility index (Phi) is 8.29. The summed E-state index contributed by atoms with van der Waals surface area (Å²) in [6.45, 7) is 6.49. The van der Waals surface area contributed by atoms with Gasteiger partial charge >= 0.3 is 0 Å². The lowest BCUT2D eigenvalue weighted by atomic mass is 10.1. The molecule has 0 fully saturated rings. The Morgan fingerprint density at radius 2 is 1.83 bits per heavy atom. The fourth-order valence-corrected chi connectivity index (χ4v) is 3.91. The summed E-state index contributed by atoms with van der Waals surface area (Å²) in [6.07, 6.45) is 2.15.